The molecule has 24 heavy (non-hydrogen) atoms. The van der Waals surface area contributed by atoms with Gasteiger partial charge in [-0.1, -0.05) is 37.6 Å². The average Bonchev–Trinajstić information content (AvgIpc) is 2.62. The van der Waals surface area contributed by atoms with Gasteiger partial charge < -0.3 is 20.5 Å². The number of nitrogens with zero attached hydrogens (tertiary/aromatic N) is 1. The third-order valence-electron chi connectivity index (χ3n) is 3.49. The highest BCUT2D eigenvalue weighted by Crippen LogP contribution is 2.30. The molecule has 128 valence electrons. The minimum absolute atomic E-state index is 0.484. The van der Waals surface area contributed by atoms with Crippen molar-refractivity contribution in [3.05, 3.63) is 54.1 Å². The topological polar surface area (TPSA) is 68.9 Å². The van der Waals surface area contributed by atoms with Crippen molar-refractivity contribution in [1.82, 2.24) is 5.32 Å². The molecule has 5 nitrogen and oxygen atoms in total. The first-order valence-electron chi connectivity index (χ1n) is 8.16. The number of nitrogens with one attached hydrogen (secondary N) is 1. The smallest absolute Gasteiger partial charge is 0.188 e. The maximum atomic E-state index is 5.85. The highest BCUT2D eigenvalue weighted by molar-refractivity contribution is 5.77. The fourth-order valence-corrected chi connectivity index (χ4v) is 2.12. The summed E-state index contributed by atoms with van der Waals surface area (Å²) in [6.07, 6.45) is 2.22. The van der Waals surface area contributed by atoms with E-state index in [0.717, 1.165) is 30.7 Å². The highest BCUT2D eigenvalue weighted by atomic mass is 16.5. The van der Waals surface area contributed by atoms with E-state index in [1.54, 1.807) is 7.11 Å². The second-order valence-electron chi connectivity index (χ2n) is 5.38. The summed E-state index contributed by atoms with van der Waals surface area (Å²) < 4.78 is 11.1. The van der Waals surface area contributed by atoms with Gasteiger partial charge >= 0.3 is 0 Å². The van der Waals surface area contributed by atoms with Gasteiger partial charge in [-0.25, -0.2) is 4.99 Å². The van der Waals surface area contributed by atoms with Crippen LogP contribution in [0.3, 0.4) is 0 Å². The molecule has 0 atom stereocenters. The van der Waals surface area contributed by atoms with Crippen molar-refractivity contribution in [2.75, 3.05) is 13.7 Å². The molecule has 2 aromatic rings. The van der Waals surface area contributed by atoms with Crippen molar-refractivity contribution in [3.8, 4) is 17.2 Å². The summed E-state index contributed by atoms with van der Waals surface area (Å²) in [5.74, 6) is 2.63. The molecule has 2 rings (SSSR count). The fraction of sp³-hybridized carbons (Fsp3) is 0.316. The molecule has 5 heteroatoms. The lowest BCUT2D eigenvalue weighted by Crippen LogP contribution is -2.32. The number of unbranched alkanes of at least 4 members (excludes halogenated alkanes) is 1. The SMILES string of the molecule is CCCCNC(N)=NCc1ccc(Oc2ccccc2OC)cc1. The van der Waals surface area contributed by atoms with Crippen molar-refractivity contribution < 1.29 is 9.47 Å². The summed E-state index contributed by atoms with van der Waals surface area (Å²) in [6.45, 7) is 3.54. The van der Waals surface area contributed by atoms with E-state index < -0.39 is 0 Å². The van der Waals surface area contributed by atoms with Gasteiger partial charge in [-0.3, -0.25) is 0 Å². The molecule has 0 bridgehead atoms. The Morgan fingerprint density at radius 2 is 1.79 bits per heavy atom. The molecule has 0 aliphatic rings. The Kier molecular flexibility index (Phi) is 6.95. The first kappa shape index (κ1) is 17.7. The number of ether oxygens (including phenoxy) is 2. The van der Waals surface area contributed by atoms with Crippen LogP contribution in [0.25, 0.3) is 0 Å². The molecule has 0 amide bonds. The molecule has 0 aromatic heterocycles. The molecule has 0 unspecified atom stereocenters. The van der Waals surface area contributed by atoms with Crippen LogP contribution in [0.4, 0.5) is 0 Å². The lowest BCUT2D eigenvalue weighted by molar-refractivity contribution is 0.379. The Hall–Kier alpha value is -2.69. The zero-order valence-corrected chi connectivity index (χ0v) is 14.3. The van der Waals surface area contributed by atoms with E-state index in [2.05, 4.69) is 17.2 Å². The minimum Gasteiger partial charge on any atom is -0.493 e. The number of aliphatic imine (C=N–C) groups is 1. The van der Waals surface area contributed by atoms with E-state index in [-0.39, 0.29) is 0 Å². The van der Waals surface area contributed by atoms with E-state index in [0.29, 0.717) is 24.0 Å². The van der Waals surface area contributed by atoms with Crippen LogP contribution in [-0.4, -0.2) is 19.6 Å². The Morgan fingerprint density at radius 1 is 1.08 bits per heavy atom. The number of rotatable bonds is 8. The number of para-hydroxylation sites is 2. The molecule has 3 N–H and O–H groups in total. The molecule has 0 aliphatic carbocycles. The van der Waals surface area contributed by atoms with Crippen LogP contribution >= 0.6 is 0 Å². The molecule has 0 heterocycles. The third kappa shape index (κ3) is 5.50. The van der Waals surface area contributed by atoms with Gasteiger partial charge in [0.25, 0.3) is 0 Å². The number of hydrogen-bond donors (Lipinski definition) is 2. The van der Waals surface area contributed by atoms with Crippen LogP contribution < -0.4 is 20.5 Å². The maximum Gasteiger partial charge on any atom is 0.188 e. The predicted octanol–water partition coefficient (Wildman–Crippen LogP) is 3.69. The first-order chi connectivity index (χ1) is 11.7. The molecule has 2 aromatic carbocycles. The van der Waals surface area contributed by atoms with Crippen molar-refractivity contribution in [2.45, 2.75) is 26.3 Å². The molecule has 0 spiro atoms. The van der Waals surface area contributed by atoms with Crippen LogP contribution in [0.15, 0.2) is 53.5 Å². The number of benzene rings is 2. The summed E-state index contributed by atoms with van der Waals surface area (Å²) in [7, 11) is 1.63. The number of hydrogen-bond acceptors (Lipinski definition) is 3. The van der Waals surface area contributed by atoms with E-state index in [1.807, 2.05) is 48.5 Å². The third-order valence-corrected chi connectivity index (χ3v) is 3.49. The Bertz CT molecular complexity index is 654. The molecule has 0 saturated carbocycles. The zero-order chi connectivity index (χ0) is 17.2. The second kappa shape index (κ2) is 9.45. The van der Waals surface area contributed by atoms with Gasteiger partial charge in [0.1, 0.15) is 5.75 Å². The van der Waals surface area contributed by atoms with Crippen molar-refractivity contribution >= 4 is 5.96 Å². The molecule has 0 aliphatic heterocycles. The monoisotopic (exact) mass is 327 g/mol. The van der Waals surface area contributed by atoms with Gasteiger partial charge in [-0.15, -0.1) is 0 Å². The minimum atomic E-state index is 0.484. The van der Waals surface area contributed by atoms with Crippen molar-refractivity contribution in [1.29, 1.82) is 0 Å². The van der Waals surface area contributed by atoms with Crippen LogP contribution in [0, 0.1) is 0 Å². The van der Waals surface area contributed by atoms with Gasteiger partial charge in [0.05, 0.1) is 13.7 Å². The summed E-state index contributed by atoms with van der Waals surface area (Å²) in [4.78, 5) is 4.33. The largest absolute Gasteiger partial charge is 0.493 e. The molecule has 0 fully saturated rings. The number of guanidine groups is 1. The fourth-order valence-electron chi connectivity index (χ4n) is 2.12. The molecule has 0 saturated heterocycles. The van der Waals surface area contributed by atoms with E-state index in [4.69, 9.17) is 15.2 Å². The Labute approximate surface area is 143 Å². The molecule has 0 radical (unpaired) electrons. The molecular weight excluding hydrogens is 302 g/mol. The Morgan fingerprint density at radius 3 is 2.46 bits per heavy atom. The van der Waals surface area contributed by atoms with E-state index in [1.165, 1.54) is 0 Å². The van der Waals surface area contributed by atoms with Crippen LogP contribution in [0.1, 0.15) is 25.3 Å². The van der Waals surface area contributed by atoms with E-state index >= 15 is 0 Å². The average molecular weight is 327 g/mol. The quantitative estimate of drug-likeness (QED) is 0.441. The number of nitrogens with two attached hydrogens (primary N) is 1. The van der Waals surface area contributed by atoms with Gasteiger partial charge in [0.2, 0.25) is 0 Å². The first-order valence-corrected chi connectivity index (χ1v) is 8.16. The number of methoxy groups -OCH3 is 1. The highest BCUT2D eigenvalue weighted by Gasteiger charge is 2.04. The lowest BCUT2D eigenvalue weighted by atomic mass is 10.2. The van der Waals surface area contributed by atoms with Crippen molar-refractivity contribution in [3.63, 3.8) is 0 Å². The Balaban J connectivity index is 1.92. The summed E-state index contributed by atoms with van der Waals surface area (Å²) in [5, 5.41) is 3.10. The van der Waals surface area contributed by atoms with Crippen LogP contribution in [-0.2, 0) is 6.54 Å². The van der Waals surface area contributed by atoms with Gasteiger partial charge in [0.15, 0.2) is 17.5 Å². The lowest BCUT2D eigenvalue weighted by Gasteiger charge is -2.10. The second-order valence-corrected chi connectivity index (χ2v) is 5.38. The van der Waals surface area contributed by atoms with Crippen molar-refractivity contribution in [2.24, 2.45) is 10.7 Å². The van der Waals surface area contributed by atoms with Crippen LogP contribution in [0.2, 0.25) is 0 Å². The summed E-state index contributed by atoms with van der Waals surface area (Å²) in [6, 6.07) is 15.4. The summed E-state index contributed by atoms with van der Waals surface area (Å²) in [5.41, 5.74) is 6.90. The summed E-state index contributed by atoms with van der Waals surface area (Å²) >= 11 is 0. The van der Waals surface area contributed by atoms with Gasteiger partial charge in [-0.05, 0) is 36.2 Å². The van der Waals surface area contributed by atoms with Gasteiger partial charge in [-0.2, -0.15) is 0 Å². The normalized spacial score (nSPS) is 11.2. The standard InChI is InChI=1S/C19H25N3O2/c1-3-4-13-21-19(20)22-14-15-9-11-16(12-10-15)24-18-8-6-5-7-17(18)23-2/h5-12H,3-4,13-14H2,1-2H3,(H3,20,21,22). The van der Waals surface area contributed by atoms with Crippen LogP contribution in [0.5, 0.6) is 17.2 Å². The zero-order valence-electron chi connectivity index (χ0n) is 14.3. The van der Waals surface area contributed by atoms with Gasteiger partial charge in [0, 0.05) is 6.54 Å². The van der Waals surface area contributed by atoms with E-state index in [9.17, 15) is 0 Å². The predicted molar refractivity (Wildman–Crippen MR) is 97.7 cm³/mol. The molecular formula is C19H25N3O2. The maximum absolute atomic E-state index is 5.85.